The van der Waals surface area contributed by atoms with Crippen LogP contribution in [0, 0.1) is 0 Å². The van der Waals surface area contributed by atoms with Crippen LogP contribution in [0.15, 0.2) is 0 Å². The summed E-state index contributed by atoms with van der Waals surface area (Å²) in [6.45, 7) is 8.70. The zero-order valence-electron chi connectivity index (χ0n) is 19.2. The van der Waals surface area contributed by atoms with Gasteiger partial charge < -0.3 is 19.4 Å². The van der Waals surface area contributed by atoms with Crippen LogP contribution in [-0.4, -0.2) is 85.4 Å². The van der Waals surface area contributed by atoms with Crippen LogP contribution in [0.5, 0.6) is 0 Å². The number of nitrogens with zero attached hydrogens (tertiary/aromatic N) is 3. The molecule has 0 aromatic rings. The van der Waals surface area contributed by atoms with E-state index >= 15 is 0 Å². The highest BCUT2D eigenvalue weighted by Crippen LogP contribution is 2.15. The van der Waals surface area contributed by atoms with Gasteiger partial charge >= 0.3 is 5.97 Å². The Morgan fingerprint density at radius 3 is 2.04 bits per heavy atom. The molecule has 0 saturated heterocycles. The summed E-state index contributed by atoms with van der Waals surface area (Å²) in [7, 11) is 7.17. The number of carbonyl (C=O) groups is 3. The van der Waals surface area contributed by atoms with Gasteiger partial charge in [0.15, 0.2) is 0 Å². The molecule has 0 fully saturated rings. The lowest BCUT2D eigenvalue weighted by Crippen LogP contribution is -2.50. The molecule has 0 heterocycles. The summed E-state index contributed by atoms with van der Waals surface area (Å²) >= 11 is 0. The maximum atomic E-state index is 13.0. The molecule has 0 aliphatic carbocycles. The molecule has 1 unspecified atom stereocenters. The Hall–Kier alpha value is -1.63. The Morgan fingerprint density at radius 1 is 0.929 bits per heavy atom. The molecule has 164 valence electrons. The van der Waals surface area contributed by atoms with Gasteiger partial charge in [-0.3, -0.25) is 14.4 Å². The Morgan fingerprint density at radius 2 is 1.54 bits per heavy atom. The molecule has 0 bridgehead atoms. The molecule has 0 spiro atoms. The second kappa shape index (κ2) is 12.8. The van der Waals surface area contributed by atoms with Crippen molar-refractivity contribution in [2.24, 2.45) is 0 Å². The zero-order chi connectivity index (χ0) is 21.9. The monoisotopic (exact) mass is 399 g/mol. The van der Waals surface area contributed by atoms with Gasteiger partial charge in [0.2, 0.25) is 11.8 Å². The molecule has 0 aliphatic heterocycles. The van der Waals surface area contributed by atoms with Gasteiger partial charge in [0.05, 0.1) is 6.42 Å². The van der Waals surface area contributed by atoms with Crippen molar-refractivity contribution in [3.8, 4) is 0 Å². The molecular weight excluding hydrogens is 358 g/mol. The van der Waals surface area contributed by atoms with Crippen LogP contribution in [0.25, 0.3) is 0 Å². The van der Waals surface area contributed by atoms with E-state index in [1.165, 1.54) is 4.90 Å². The first-order valence-corrected chi connectivity index (χ1v) is 10.3. The smallest absolute Gasteiger partial charge is 0.308 e. The van der Waals surface area contributed by atoms with Crippen LogP contribution < -0.4 is 0 Å². The van der Waals surface area contributed by atoms with Gasteiger partial charge in [0.25, 0.3) is 0 Å². The van der Waals surface area contributed by atoms with Crippen LogP contribution >= 0.6 is 0 Å². The Labute approximate surface area is 171 Å². The molecule has 0 radical (unpaired) electrons. The summed E-state index contributed by atoms with van der Waals surface area (Å²) in [5.41, 5.74) is -0.635. The minimum atomic E-state index is -0.847. The third kappa shape index (κ3) is 11.3. The van der Waals surface area contributed by atoms with Gasteiger partial charge in [0, 0.05) is 33.6 Å². The van der Waals surface area contributed by atoms with Crippen molar-refractivity contribution in [2.75, 3.05) is 41.3 Å². The number of unbranched alkanes of at least 4 members (excludes halogenated alkanes) is 3. The first-order valence-electron chi connectivity index (χ1n) is 10.3. The molecular formula is C21H41N3O4. The normalized spacial score (nSPS) is 12.6. The molecule has 7 heteroatoms. The molecule has 0 N–H and O–H groups in total. The number of hydrogen-bond acceptors (Lipinski definition) is 5. The molecule has 0 saturated carbocycles. The van der Waals surface area contributed by atoms with Gasteiger partial charge in [-0.1, -0.05) is 26.2 Å². The van der Waals surface area contributed by atoms with E-state index in [1.807, 2.05) is 19.0 Å². The Balaban J connectivity index is 5.16. The van der Waals surface area contributed by atoms with Gasteiger partial charge in [-0.05, 0) is 41.3 Å². The second-order valence-electron chi connectivity index (χ2n) is 8.68. The highest BCUT2D eigenvalue weighted by atomic mass is 16.6. The number of ether oxygens (including phenoxy) is 1. The standard InChI is InChI=1S/C21H41N3O4/c1-9-10-11-12-13-18(25)24(8)17(16-19(26)28-21(2,3)4)20(27)23(7)15-14-22(5)6/h17H,9-16H2,1-8H3. The topological polar surface area (TPSA) is 70.2 Å². The van der Waals surface area contributed by atoms with E-state index in [9.17, 15) is 14.4 Å². The molecule has 2 amide bonds. The zero-order valence-corrected chi connectivity index (χ0v) is 19.2. The maximum Gasteiger partial charge on any atom is 0.308 e. The van der Waals surface area contributed by atoms with Crippen molar-refractivity contribution >= 4 is 17.8 Å². The highest BCUT2D eigenvalue weighted by Gasteiger charge is 2.32. The summed E-state index contributed by atoms with van der Waals surface area (Å²) in [6.07, 6.45) is 4.21. The molecule has 0 aromatic carbocycles. The van der Waals surface area contributed by atoms with Crippen LogP contribution in [0.1, 0.15) is 66.2 Å². The van der Waals surface area contributed by atoms with Crippen molar-refractivity contribution in [2.45, 2.75) is 77.9 Å². The predicted molar refractivity (Wildman–Crippen MR) is 112 cm³/mol. The summed E-state index contributed by atoms with van der Waals surface area (Å²) < 4.78 is 5.38. The molecule has 7 nitrogen and oxygen atoms in total. The van der Waals surface area contributed by atoms with Crippen molar-refractivity contribution in [3.63, 3.8) is 0 Å². The number of likely N-dealkylation sites (N-methyl/N-ethyl adjacent to an activating group) is 3. The Bertz CT molecular complexity index is 500. The minimum absolute atomic E-state index is 0.112. The van der Waals surface area contributed by atoms with Crippen molar-refractivity contribution < 1.29 is 19.1 Å². The molecule has 0 aliphatic rings. The second-order valence-corrected chi connectivity index (χ2v) is 8.68. The van der Waals surface area contributed by atoms with E-state index in [0.717, 1.165) is 25.7 Å². The third-order valence-electron chi connectivity index (χ3n) is 4.43. The van der Waals surface area contributed by atoms with Crippen molar-refractivity contribution in [1.29, 1.82) is 0 Å². The van der Waals surface area contributed by atoms with Crippen LogP contribution in [0.4, 0.5) is 0 Å². The molecule has 0 aromatic heterocycles. The average Bonchev–Trinajstić information content (AvgIpc) is 2.58. The highest BCUT2D eigenvalue weighted by molar-refractivity contribution is 5.90. The summed E-state index contributed by atoms with van der Waals surface area (Å²) in [5, 5.41) is 0. The first kappa shape index (κ1) is 26.4. The third-order valence-corrected chi connectivity index (χ3v) is 4.43. The van der Waals surface area contributed by atoms with E-state index in [2.05, 4.69) is 6.92 Å². The number of rotatable bonds is 12. The maximum absolute atomic E-state index is 13.0. The van der Waals surface area contributed by atoms with E-state index in [1.54, 1.807) is 39.8 Å². The number of amides is 2. The largest absolute Gasteiger partial charge is 0.460 e. The number of esters is 1. The van der Waals surface area contributed by atoms with E-state index in [0.29, 0.717) is 19.5 Å². The van der Waals surface area contributed by atoms with Crippen LogP contribution in [0.2, 0.25) is 0 Å². The summed E-state index contributed by atoms with van der Waals surface area (Å²) in [6, 6.07) is -0.847. The van der Waals surface area contributed by atoms with E-state index < -0.39 is 17.6 Å². The fraction of sp³-hybridized carbons (Fsp3) is 0.857. The van der Waals surface area contributed by atoms with Gasteiger partial charge in [-0.25, -0.2) is 0 Å². The van der Waals surface area contributed by atoms with Crippen molar-refractivity contribution in [1.82, 2.24) is 14.7 Å². The lowest BCUT2D eigenvalue weighted by atomic mass is 10.1. The fourth-order valence-corrected chi connectivity index (χ4v) is 2.70. The van der Waals surface area contributed by atoms with Gasteiger partial charge in [0.1, 0.15) is 11.6 Å². The SMILES string of the molecule is CCCCCCC(=O)N(C)C(CC(=O)OC(C)(C)C)C(=O)N(C)CCN(C)C. The molecule has 28 heavy (non-hydrogen) atoms. The molecule has 1 atom stereocenters. The minimum Gasteiger partial charge on any atom is -0.460 e. The number of hydrogen-bond donors (Lipinski definition) is 0. The summed E-state index contributed by atoms with van der Waals surface area (Å²) in [4.78, 5) is 42.9. The van der Waals surface area contributed by atoms with Gasteiger partial charge in [-0.2, -0.15) is 0 Å². The lowest BCUT2D eigenvalue weighted by molar-refractivity contribution is -0.159. The summed E-state index contributed by atoms with van der Waals surface area (Å²) in [5.74, 6) is -0.825. The van der Waals surface area contributed by atoms with Crippen LogP contribution in [0.3, 0.4) is 0 Å². The van der Waals surface area contributed by atoms with E-state index in [4.69, 9.17) is 4.74 Å². The quantitative estimate of drug-likeness (QED) is 0.373. The predicted octanol–water partition coefficient (Wildman–Crippen LogP) is 2.54. The number of carbonyl (C=O) groups excluding carboxylic acids is 3. The fourth-order valence-electron chi connectivity index (χ4n) is 2.70. The Kier molecular flexibility index (Phi) is 12.0. The molecule has 0 rings (SSSR count). The van der Waals surface area contributed by atoms with Gasteiger partial charge in [-0.15, -0.1) is 0 Å². The van der Waals surface area contributed by atoms with Crippen LogP contribution in [-0.2, 0) is 19.1 Å². The first-order chi connectivity index (χ1) is 12.9. The average molecular weight is 400 g/mol. The lowest BCUT2D eigenvalue weighted by Gasteiger charge is -2.31. The van der Waals surface area contributed by atoms with E-state index in [-0.39, 0.29) is 18.2 Å². The van der Waals surface area contributed by atoms with Crippen molar-refractivity contribution in [3.05, 3.63) is 0 Å².